The lowest BCUT2D eigenvalue weighted by Crippen LogP contribution is -2.41. The molecule has 176 valence electrons. The van der Waals surface area contributed by atoms with Gasteiger partial charge in [0.05, 0.1) is 11.0 Å². The maximum Gasteiger partial charge on any atom is 0.253 e. The maximum absolute atomic E-state index is 12.9. The van der Waals surface area contributed by atoms with Gasteiger partial charge in [0.1, 0.15) is 0 Å². The van der Waals surface area contributed by atoms with Crippen LogP contribution in [-0.2, 0) is 19.6 Å². The quantitative estimate of drug-likeness (QED) is 0.646. The first-order chi connectivity index (χ1) is 15.9. The van der Waals surface area contributed by atoms with Crippen molar-refractivity contribution >= 4 is 27.5 Å². The van der Waals surface area contributed by atoms with E-state index in [-0.39, 0.29) is 35.3 Å². The number of hydrogen-bond acceptors (Lipinski definition) is 5. The summed E-state index contributed by atoms with van der Waals surface area (Å²) >= 11 is 0. The number of carbonyl (C=O) groups excluding carboxylic acids is 2. The third kappa shape index (κ3) is 5.98. The summed E-state index contributed by atoms with van der Waals surface area (Å²) in [4.78, 5) is 27.2. The van der Waals surface area contributed by atoms with Crippen molar-refractivity contribution in [3.63, 3.8) is 0 Å². The SMILES string of the molecule is O=C(Nc1ccccc1)C1CCN(C(=O)c2ccc(S(=O)(=O)NCC3CCCO3)cc2)CC1. The standard InChI is InChI=1S/C24H29N3O5S/c28-23(26-20-5-2-1-3-6-20)18-12-14-27(15-13-18)24(29)19-8-10-22(11-9-19)33(30,31)25-17-21-7-4-16-32-21/h1-3,5-6,8-11,18,21,25H,4,7,12-17H2,(H,26,28). The second-order valence-corrected chi connectivity index (χ2v) is 10.2. The third-order valence-corrected chi connectivity index (χ3v) is 7.57. The van der Waals surface area contributed by atoms with Gasteiger partial charge in [-0.05, 0) is 62.1 Å². The summed E-state index contributed by atoms with van der Waals surface area (Å²) in [6.07, 6.45) is 2.88. The van der Waals surface area contributed by atoms with Crippen molar-refractivity contribution in [2.45, 2.75) is 36.7 Å². The van der Waals surface area contributed by atoms with Crippen molar-refractivity contribution in [1.82, 2.24) is 9.62 Å². The van der Waals surface area contributed by atoms with Crippen LogP contribution >= 0.6 is 0 Å². The number of hydrogen-bond donors (Lipinski definition) is 2. The summed E-state index contributed by atoms with van der Waals surface area (Å²) in [7, 11) is -3.66. The van der Waals surface area contributed by atoms with Gasteiger partial charge in [0.15, 0.2) is 0 Å². The van der Waals surface area contributed by atoms with Crippen LogP contribution in [0.25, 0.3) is 0 Å². The van der Waals surface area contributed by atoms with Gasteiger partial charge < -0.3 is 15.0 Å². The number of benzene rings is 2. The molecule has 2 aliphatic heterocycles. The summed E-state index contributed by atoms with van der Waals surface area (Å²) in [5.74, 6) is -0.330. The predicted molar refractivity (Wildman–Crippen MR) is 124 cm³/mol. The zero-order chi connectivity index (χ0) is 23.3. The van der Waals surface area contributed by atoms with Crippen LogP contribution in [0.2, 0.25) is 0 Å². The first-order valence-electron chi connectivity index (χ1n) is 11.3. The van der Waals surface area contributed by atoms with Crippen LogP contribution in [0.5, 0.6) is 0 Å². The molecule has 2 aromatic carbocycles. The highest BCUT2D eigenvalue weighted by molar-refractivity contribution is 7.89. The first kappa shape index (κ1) is 23.4. The van der Waals surface area contributed by atoms with E-state index in [1.165, 1.54) is 24.3 Å². The van der Waals surface area contributed by atoms with Crippen LogP contribution in [0.15, 0.2) is 59.5 Å². The molecule has 2 heterocycles. The molecule has 0 saturated carbocycles. The van der Waals surface area contributed by atoms with Crippen LogP contribution in [0.1, 0.15) is 36.0 Å². The lowest BCUT2D eigenvalue weighted by Gasteiger charge is -2.31. The molecule has 0 radical (unpaired) electrons. The van der Waals surface area contributed by atoms with Crippen molar-refractivity contribution in [1.29, 1.82) is 0 Å². The summed E-state index contributed by atoms with van der Waals surface area (Å²) in [6.45, 7) is 1.87. The highest BCUT2D eigenvalue weighted by Gasteiger charge is 2.28. The molecule has 2 aliphatic rings. The highest BCUT2D eigenvalue weighted by atomic mass is 32.2. The van der Waals surface area contributed by atoms with Crippen molar-refractivity contribution < 1.29 is 22.7 Å². The Morgan fingerprint density at radius 3 is 2.30 bits per heavy atom. The van der Waals surface area contributed by atoms with E-state index in [0.717, 1.165) is 18.5 Å². The van der Waals surface area contributed by atoms with Crippen LogP contribution in [-0.4, -0.2) is 57.5 Å². The zero-order valence-electron chi connectivity index (χ0n) is 18.4. The second kappa shape index (κ2) is 10.5. The van der Waals surface area contributed by atoms with Crippen molar-refractivity contribution in [2.24, 2.45) is 5.92 Å². The number of anilines is 1. The van der Waals surface area contributed by atoms with Gasteiger partial charge in [-0.1, -0.05) is 18.2 Å². The number of nitrogens with one attached hydrogen (secondary N) is 2. The number of likely N-dealkylation sites (tertiary alicyclic amines) is 1. The number of para-hydroxylation sites is 1. The molecule has 0 aromatic heterocycles. The molecule has 0 bridgehead atoms. The zero-order valence-corrected chi connectivity index (χ0v) is 19.2. The largest absolute Gasteiger partial charge is 0.377 e. The molecule has 2 amide bonds. The molecule has 4 rings (SSSR count). The smallest absolute Gasteiger partial charge is 0.253 e. The van der Waals surface area contributed by atoms with Crippen LogP contribution < -0.4 is 10.0 Å². The third-order valence-electron chi connectivity index (χ3n) is 6.13. The molecule has 1 unspecified atom stereocenters. The Kier molecular flexibility index (Phi) is 7.42. The topological polar surface area (TPSA) is 105 Å². The van der Waals surface area contributed by atoms with Crippen LogP contribution in [0.3, 0.4) is 0 Å². The van der Waals surface area contributed by atoms with E-state index in [1.807, 2.05) is 30.3 Å². The van der Waals surface area contributed by atoms with Gasteiger partial charge in [-0.15, -0.1) is 0 Å². The molecule has 2 N–H and O–H groups in total. The van der Waals surface area contributed by atoms with E-state index >= 15 is 0 Å². The average molecular weight is 472 g/mol. The summed E-state index contributed by atoms with van der Waals surface area (Å²) in [5.41, 5.74) is 1.20. The van der Waals surface area contributed by atoms with Gasteiger partial charge >= 0.3 is 0 Å². The Hall–Kier alpha value is -2.75. The Labute approximate surface area is 194 Å². The molecule has 0 aliphatic carbocycles. The molecule has 2 aromatic rings. The van der Waals surface area contributed by atoms with Gasteiger partial charge in [0, 0.05) is 43.4 Å². The summed E-state index contributed by atoms with van der Waals surface area (Å²) in [5, 5.41) is 2.92. The van der Waals surface area contributed by atoms with Crippen molar-refractivity contribution in [3.8, 4) is 0 Å². The number of nitrogens with zero attached hydrogens (tertiary/aromatic N) is 1. The van der Waals surface area contributed by atoms with Gasteiger partial charge in [0.25, 0.3) is 5.91 Å². The fourth-order valence-electron chi connectivity index (χ4n) is 4.16. The Bertz CT molecular complexity index is 1060. The average Bonchev–Trinajstić information content (AvgIpc) is 3.37. The number of amides is 2. The minimum atomic E-state index is -3.66. The highest BCUT2D eigenvalue weighted by Crippen LogP contribution is 2.22. The van der Waals surface area contributed by atoms with Gasteiger partial charge in [-0.3, -0.25) is 9.59 Å². The Balaban J connectivity index is 1.29. The molecular formula is C24H29N3O5S. The minimum absolute atomic E-state index is 0.0293. The normalized spacial score (nSPS) is 19.4. The van der Waals surface area contributed by atoms with E-state index in [9.17, 15) is 18.0 Å². The fraction of sp³-hybridized carbons (Fsp3) is 0.417. The summed E-state index contributed by atoms with van der Waals surface area (Å²) < 4.78 is 33.0. The Morgan fingerprint density at radius 1 is 0.970 bits per heavy atom. The second-order valence-electron chi connectivity index (χ2n) is 8.43. The fourth-order valence-corrected chi connectivity index (χ4v) is 5.23. The molecule has 9 heteroatoms. The number of rotatable bonds is 7. The van der Waals surface area contributed by atoms with Gasteiger partial charge in [-0.25, -0.2) is 13.1 Å². The summed E-state index contributed by atoms with van der Waals surface area (Å²) in [6, 6.07) is 15.3. The van der Waals surface area contributed by atoms with Gasteiger partial charge in [0.2, 0.25) is 15.9 Å². The lowest BCUT2D eigenvalue weighted by atomic mass is 9.95. The molecule has 2 fully saturated rings. The van der Waals surface area contributed by atoms with Crippen LogP contribution in [0, 0.1) is 5.92 Å². The predicted octanol–water partition coefficient (Wildman–Crippen LogP) is 2.63. The molecule has 0 spiro atoms. The molecule has 33 heavy (non-hydrogen) atoms. The molecule has 1 atom stereocenters. The van der Waals surface area contributed by atoms with Crippen molar-refractivity contribution in [3.05, 3.63) is 60.2 Å². The van der Waals surface area contributed by atoms with E-state index in [0.29, 0.717) is 38.1 Å². The lowest BCUT2D eigenvalue weighted by molar-refractivity contribution is -0.121. The number of sulfonamides is 1. The first-order valence-corrected chi connectivity index (χ1v) is 12.8. The maximum atomic E-state index is 12.9. The van der Waals surface area contributed by atoms with E-state index < -0.39 is 10.0 Å². The van der Waals surface area contributed by atoms with Crippen molar-refractivity contribution in [2.75, 3.05) is 31.6 Å². The molecule has 8 nitrogen and oxygen atoms in total. The number of carbonyl (C=O) groups is 2. The Morgan fingerprint density at radius 2 is 1.67 bits per heavy atom. The molecular weight excluding hydrogens is 442 g/mol. The van der Waals surface area contributed by atoms with Gasteiger partial charge in [-0.2, -0.15) is 0 Å². The van der Waals surface area contributed by atoms with E-state index in [1.54, 1.807) is 4.90 Å². The number of piperidine rings is 1. The number of ether oxygens (including phenoxy) is 1. The van der Waals surface area contributed by atoms with E-state index in [2.05, 4.69) is 10.0 Å². The van der Waals surface area contributed by atoms with E-state index in [4.69, 9.17) is 4.74 Å². The van der Waals surface area contributed by atoms with Crippen LogP contribution in [0.4, 0.5) is 5.69 Å². The molecule has 2 saturated heterocycles. The minimum Gasteiger partial charge on any atom is -0.377 e. The monoisotopic (exact) mass is 471 g/mol.